The van der Waals surface area contributed by atoms with Crippen LogP contribution < -0.4 is 4.74 Å². The molecule has 2 aromatic rings. The van der Waals surface area contributed by atoms with Gasteiger partial charge >= 0.3 is 5.97 Å². The van der Waals surface area contributed by atoms with Gasteiger partial charge in [-0.2, -0.15) is 0 Å². The van der Waals surface area contributed by atoms with Crippen molar-refractivity contribution in [3.05, 3.63) is 53.6 Å². The lowest BCUT2D eigenvalue weighted by atomic mass is 10.1. The van der Waals surface area contributed by atoms with Gasteiger partial charge in [-0.3, -0.25) is 0 Å². The van der Waals surface area contributed by atoms with E-state index in [9.17, 15) is 4.79 Å². The first-order valence-electron chi connectivity index (χ1n) is 5.82. The highest BCUT2D eigenvalue weighted by Crippen LogP contribution is 2.25. The number of hydrogen-bond acceptors (Lipinski definition) is 2. The van der Waals surface area contributed by atoms with Gasteiger partial charge in [0.1, 0.15) is 5.75 Å². The molecule has 0 aromatic heterocycles. The molecule has 0 amide bonds. The Kier molecular flexibility index (Phi) is 4.07. The molecule has 0 aliphatic rings. The summed E-state index contributed by atoms with van der Waals surface area (Å²) >= 11 is 5.94. The summed E-state index contributed by atoms with van der Waals surface area (Å²) < 4.78 is 5.26. The maximum atomic E-state index is 10.7. The molecule has 0 radical (unpaired) electrons. The molecule has 2 rings (SSSR count). The van der Waals surface area contributed by atoms with Crippen molar-refractivity contribution in [2.45, 2.75) is 13.0 Å². The zero-order chi connectivity index (χ0) is 13.8. The van der Waals surface area contributed by atoms with Crippen LogP contribution in [0.3, 0.4) is 0 Å². The van der Waals surface area contributed by atoms with Gasteiger partial charge in [-0.15, -0.1) is 0 Å². The Morgan fingerprint density at radius 3 is 2.42 bits per heavy atom. The fraction of sp³-hybridized carbons (Fsp3) is 0.133. The molecule has 3 nitrogen and oxygen atoms in total. The van der Waals surface area contributed by atoms with E-state index in [1.807, 2.05) is 36.4 Å². The molecule has 0 saturated carbocycles. The van der Waals surface area contributed by atoms with Gasteiger partial charge in [0.05, 0.1) is 0 Å². The predicted molar refractivity (Wildman–Crippen MR) is 74.6 cm³/mol. The molecule has 0 saturated heterocycles. The second kappa shape index (κ2) is 5.76. The predicted octanol–water partition coefficient (Wildman–Crippen LogP) is 3.86. The minimum Gasteiger partial charge on any atom is -0.479 e. The van der Waals surface area contributed by atoms with Gasteiger partial charge < -0.3 is 9.84 Å². The summed E-state index contributed by atoms with van der Waals surface area (Å²) in [6, 6.07) is 14.8. The third-order valence-corrected chi connectivity index (χ3v) is 2.91. The Hall–Kier alpha value is -2.00. The van der Waals surface area contributed by atoms with Gasteiger partial charge in [0.15, 0.2) is 6.10 Å². The monoisotopic (exact) mass is 276 g/mol. The molecule has 98 valence electrons. The summed E-state index contributed by atoms with van der Waals surface area (Å²) in [7, 11) is 0. The van der Waals surface area contributed by atoms with Crippen molar-refractivity contribution in [3.8, 4) is 16.9 Å². The van der Waals surface area contributed by atoms with Crippen molar-refractivity contribution in [1.82, 2.24) is 0 Å². The highest BCUT2D eigenvalue weighted by molar-refractivity contribution is 6.30. The largest absolute Gasteiger partial charge is 0.479 e. The Morgan fingerprint density at radius 1 is 1.16 bits per heavy atom. The summed E-state index contributed by atoms with van der Waals surface area (Å²) in [6.45, 7) is 1.49. The van der Waals surface area contributed by atoms with Crippen LogP contribution >= 0.6 is 11.6 Å². The number of aliphatic carboxylic acids is 1. The molecule has 2 aromatic carbocycles. The first kappa shape index (κ1) is 13.4. The number of carbonyl (C=O) groups is 1. The van der Waals surface area contributed by atoms with E-state index in [1.165, 1.54) is 6.92 Å². The van der Waals surface area contributed by atoms with Crippen molar-refractivity contribution < 1.29 is 14.6 Å². The third-order valence-electron chi connectivity index (χ3n) is 2.67. The molecular formula is C15H13ClO3. The number of carboxylic acids is 1. The zero-order valence-corrected chi connectivity index (χ0v) is 11.1. The number of carboxylic acid groups (broad SMARTS) is 1. The van der Waals surface area contributed by atoms with Gasteiger partial charge in [-0.1, -0.05) is 35.9 Å². The normalized spacial score (nSPS) is 11.9. The quantitative estimate of drug-likeness (QED) is 0.922. The number of halogens is 1. The summed E-state index contributed by atoms with van der Waals surface area (Å²) in [4.78, 5) is 10.7. The molecule has 4 heteroatoms. The van der Waals surface area contributed by atoms with E-state index in [0.29, 0.717) is 10.8 Å². The van der Waals surface area contributed by atoms with Crippen molar-refractivity contribution >= 4 is 17.6 Å². The van der Waals surface area contributed by atoms with Crippen molar-refractivity contribution in [2.75, 3.05) is 0 Å². The van der Waals surface area contributed by atoms with E-state index in [0.717, 1.165) is 11.1 Å². The lowest BCUT2D eigenvalue weighted by Crippen LogP contribution is -2.22. The summed E-state index contributed by atoms with van der Waals surface area (Å²) in [5.74, 6) is -0.459. The van der Waals surface area contributed by atoms with Crippen LogP contribution in [-0.2, 0) is 4.79 Å². The molecule has 0 spiro atoms. The molecule has 0 aliphatic carbocycles. The van der Waals surface area contributed by atoms with E-state index in [4.69, 9.17) is 21.4 Å². The molecule has 1 N–H and O–H groups in total. The van der Waals surface area contributed by atoms with Crippen LogP contribution in [0, 0.1) is 0 Å². The van der Waals surface area contributed by atoms with Crippen LogP contribution in [0.15, 0.2) is 48.5 Å². The summed E-state index contributed by atoms with van der Waals surface area (Å²) in [5.41, 5.74) is 2.00. The van der Waals surface area contributed by atoms with Crippen LogP contribution in [0.4, 0.5) is 0 Å². The van der Waals surface area contributed by atoms with Gasteiger partial charge in [0.2, 0.25) is 0 Å². The Labute approximate surface area is 116 Å². The lowest BCUT2D eigenvalue weighted by Gasteiger charge is -2.10. The van der Waals surface area contributed by atoms with Crippen LogP contribution in [0.25, 0.3) is 11.1 Å². The van der Waals surface area contributed by atoms with Crippen molar-refractivity contribution in [1.29, 1.82) is 0 Å². The molecule has 0 heterocycles. The molecule has 0 fully saturated rings. The van der Waals surface area contributed by atoms with Crippen molar-refractivity contribution in [2.24, 2.45) is 0 Å². The van der Waals surface area contributed by atoms with E-state index in [2.05, 4.69) is 0 Å². The van der Waals surface area contributed by atoms with Gasteiger partial charge in [-0.25, -0.2) is 4.79 Å². The average Bonchev–Trinajstić information content (AvgIpc) is 2.39. The van der Waals surface area contributed by atoms with Gasteiger partial charge in [0.25, 0.3) is 0 Å². The number of benzene rings is 2. The Morgan fingerprint density at radius 2 is 1.84 bits per heavy atom. The first-order chi connectivity index (χ1) is 9.06. The standard InChI is InChI=1S/C15H13ClO3/c1-10(15(17)18)19-14-7-5-11(6-8-14)12-3-2-4-13(16)9-12/h2-10H,1H3,(H,17,18). The summed E-state index contributed by atoms with van der Waals surface area (Å²) in [5, 5.41) is 9.44. The number of ether oxygens (including phenoxy) is 1. The Bertz CT molecular complexity index is 578. The van der Waals surface area contributed by atoms with Crippen LogP contribution in [-0.4, -0.2) is 17.2 Å². The number of hydrogen-bond donors (Lipinski definition) is 1. The summed E-state index contributed by atoms with van der Waals surface area (Å²) in [6.07, 6.45) is -0.864. The highest BCUT2D eigenvalue weighted by Gasteiger charge is 2.12. The van der Waals surface area contributed by atoms with E-state index < -0.39 is 12.1 Å². The van der Waals surface area contributed by atoms with Crippen molar-refractivity contribution in [3.63, 3.8) is 0 Å². The van der Waals surface area contributed by atoms with Crippen LogP contribution in [0.2, 0.25) is 5.02 Å². The average molecular weight is 277 g/mol. The molecule has 1 unspecified atom stereocenters. The minimum absolute atomic E-state index is 0.528. The molecule has 0 aliphatic heterocycles. The third kappa shape index (κ3) is 3.48. The maximum Gasteiger partial charge on any atom is 0.344 e. The Balaban J connectivity index is 2.17. The smallest absolute Gasteiger partial charge is 0.344 e. The second-order valence-electron chi connectivity index (χ2n) is 4.13. The first-order valence-corrected chi connectivity index (χ1v) is 6.19. The fourth-order valence-electron chi connectivity index (χ4n) is 1.65. The topological polar surface area (TPSA) is 46.5 Å². The molecule has 19 heavy (non-hydrogen) atoms. The van der Waals surface area contributed by atoms with Gasteiger partial charge in [-0.05, 0) is 42.3 Å². The van der Waals surface area contributed by atoms with Crippen LogP contribution in [0.1, 0.15) is 6.92 Å². The maximum absolute atomic E-state index is 10.7. The SMILES string of the molecule is CC(Oc1ccc(-c2cccc(Cl)c2)cc1)C(=O)O. The zero-order valence-electron chi connectivity index (χ0n) is 10.3. The fourth-order valence-corrected chi connectivity index (χ4v) is 1.84. The van der Waals surface area contributed by atoms with E-state index in [-0.39, 0.29) is 0 Å². The molecule has 0 bridgehead atoms. The van der Waals surface area contributed by atoms with Crippen LogP contribution in [0.5, 0.6) is 5.75 Å². The van der Waals surface area contributed by atoms with E-state index in [1.54, 1.807) is 12.1 Å². The molecular weight excluding hydrogens is 264 g/mol. The van der Waals surface area contributed by atoms with E-state index >= 15 is 0 Å². The lowest BCUT2D eigenvalue weighted by molar-refractivity contribution is -0.144. The van der Waals surface area contributed by atoms with Gasteiger partial charge in [0, 0.05) is 5.02 Å². The minimum atomic E-state index is -0.987. The highest BCUT2D eigenvalue weighted by atomic mass is 35.5. The second-order valence-corrected chi connectivity index (χ2v) is 4.57. The molecule has 1 atom stereocenters. The number of rotatable bonds is 4.